The Morgan fingerprint density at radius 1 is 0.882 bits per heavy atom. The van der Waals surface area contributed by atoms with Crippen molar-refractivity contribution in [3.05, 3.63) is 118 Å². The number of halogens is 5. The Bertz CT molecular complexity index is 1320. The van der Waals surface area contributed by atoms with Crippen molar-refractivity contribution in [1.82, 2.24) is 0 Å². The summed E-state index contributed by atoms with van der Waals surface area (Å²) in [4.78, 5) is 12.4. The van der Waals surface area contributed by atoms with Crippen LogP contribution < -0.4 is 10.1 Å². The van der Waals surface area contributed by atoms with E-state index in [2.05, 4.69) is 5.32 Å². The van der Waals surface area contributed by atoms with Crippen LogP contribution in [0.2, 0.25) is 5.02 Å². The molecule has 0 radical (unpaired) electrons. The molecule has 0 spiro atoms. The molecule has 4 aromatic rings. The Kier molecular flexibility index (Phi) is 6.88. The molecule has 0 fully saturated rings. The van der Waals surface area contributed by atoms with Crippen molar-refractivity contribution in [1.29, 1.82) is 0 Å². The third-order valence-corrected chi connectivity index (χ3v) is 5.14. The van der Waals surface area contributed by atoms with Crippen LogP contribution in [0.25, 0.3) is 0 Å². The van der Waals surface area contributed by atoms with Crippen LogP contribution in [0.1, 0.15) is 27.4 Å². The van der Waals surface area contributed by atoms with E-state index in [4.69, 9.17) is 20.8 Å². The second-order valence-corrected chi connectivity index (χ2v) is 7.67. The third-order valence-electron chi connectivity index (χ3n) is 4.91. The average Bonchev–Trinajstić information content (AvgIpc) is 3.26. The van der Waals surface area contributed by atoms with E-state index in [1.165, 1.54) is 24.3 Å². The number of amides is 1. The summed E-state index contributed by atoms with van der Waals surface area (Å²) >= 11 is 6.08. The molecule has 0 unspecified atom stereocenters. The molecule has 4 nitrogen and oxygen atoms in total. The lowest BCUT2D eigenvalue weighted by Gasteiger charge is -2.12. The number of anilines is 1. The SMILES string of the molecule is O=C(Nc1c(F)cccc1F)c1ccc(Cc2cc(Cl)ccc2OCc2c(F)cccc2F)o1. The first kappa shape index (κ1) is 23.4. The number of hydrogen-bond donors (Lipinski definition) is 1. The minimum absolute atomic E-state index is 0.122. The number of nitrogens with one attached hydrogen (secondary N) is 1. The molecule has 0 atom stereocenters. The van der Waals surface area contributed by atoms with Gasteiger partial charge in [0.1, 0.15) is 47.1 Å². The van der Waals surface area contributed by atoms with Crippen molar-refractivity contribution in [2.45, 2.75) is 13.0 Å². The maximum absolute atomic E-state index is 13.9. The second-order valence-electron chi connectivity index (χ2n) is 7.23. The molecule has 1 N–H and O–H groups in total. The molecule has 1 amide bonds. The Morgan fingerprint density at radius 2 is 1.53 bits per heavy atom. The van der Waals surface area contributed by atoms with E-state index in [-0.39, 0.29) is 24.4 Å². The van der Waals surface area contributed by atoms with Gasteiger partial charge in [0.05, 0.1) is 5.56 Å². The van der Waals surface area contributed by atoms with Gasteiger partial charge in [0.15, 0.2) is 5.76 Å². The quantitative estimate of drug-likeness (QED) is 0.287. The zero-order chi connectivity index (χ0) is 24.2. The topological polar surface area (TPSA) is 51.5 Å². The van der Waals surface area contributed by atoms with Gasteiger partial charge in [-0.05, 0) is 54.6 Å². The third kappa shape index (κ3) is 5.23. The summed E-state index contributed by atoms with van der Waals surface area (Å²) in [6.07, 6.45) is 0.122. The van der Waals surface area contributed by atoms with Gasteiger partial charge < -0.3 is 14.5 Å². The smallest absolute Gasteiger partial charge is 0.291 e. The molecular weight excluding hydrogens is 474 g/mol. The molecule has 0 aliphatic carbocycles. The van der Waals surface area contributed by atoms with E-state index >= 15 is 0 Å². The molecule has 1 heterocycles. The van der Waals surface area contributed by atoms with Crippen LogP contribution in [0.3, 0.4) is 0 Å². The highest BCUT2D eigenvalue weighted by Gasteiger charge is 2.18. The fraction of sp³-hybridized carbons (Fsp3) is 0.0800. The lowest BCUT2D eigenvalue weighted by atomic mass is 10.1. The van der Waals surface area contributed by atoms with Gasteiger partial charge in [-0.1, -0.05) is 23.7 Å². The summed E-state index contributed by atoms with van der Waals surface area (Å²) in [5.41, 5.74) is -0.275. The highest BCUT2D eigenvalue weighted by Crippen LogP contribution is 2.28. The average molecular weight is 490 g/mol. The van der Waals surface area contributed by atoms with Gasteiger partial charge in [0.25, 0.3) is 5.91 Å². The number of carbonyl (C=O) groups is 1. The van der Waals surface area contributed by atoms with Gasteiger partial charge in [-0.15, -0.1) is 0 Å². The van der Waals surface area contributed by atoms with Crippen molar-refractivity contribution in [2.75, 3.05) is 5.32 Å². The molecule has 3 aromatic carbocycles. The Balaban J connectivity index is 1.50. The highest BCUT2D eigenvalue weighted by atomic mass is 35.5. The van der Waals surface area contributed by atoms with Crippen molar-refractivity contribution >= 4 is 23.2 Å². The lowest BCUT2D eigenvalue weighted by Crippen LogP contribution is -2.13. The number of furan rings is 1. The standard InChI is InChI=1S/C25H16ClF4NO3/c26-15-7-9-22(33-13-17-18(27)3-1-4-19(17)28)14(11-15)12-16-8-10-23(34-16)25(32)31-24-20(29)5-2-6-21(24)30/h1-11H,12-13H2,(H,31,32). The van der Waals surface area contributed by atoms with Gasteiger partial charge in [-0.2, -0.15) is 0 Å². The van der Waals surface area contributed by atoms with Gasteiger partial charge in [0.2, 0.25) is 0 Å². The van der Waals surface area contributed by atoms with Crippen LogP contribution in [-0.2, 0) is 13.0 Å². The minimum Gasteiger partial charge on any atom is -0.488 e. The number of carbonyl (C=O) groups excluding carboxylic acids is 1. The molecule has 0 saturated carbocycles. The van der Waals surface area contributed by atoms with Crippen molar-refractivity contribution < 1.29 is 31.5 Å². The first-order valence-corrected chi connectivity index (χ1v) is 10.4. The van der Waals surface area contributed by atoms with Gasteiger partial charge in [0, 0.05) is 17.0 Å². The molecule has 0 aliphatic heterocycles. The first-order valence-electron chi connectivity index (χ1n) is 10.00. The Morgan fingerprint density at radius 3 is 2.21 bits per heavy atom. The molecule has 0 saturated heterocycles. The summed E-state index contributed by atoms with van der Waals surface area (Å²) in [5.74, 6) is -3.69. The molecule has 1 aromatic heterocycles. The molecule has 0 bridgehead atoms. The number of para-hydroxylation sites is 1. The van der Waals surface area contributed by atoms with Crippen molar-refractivity contribution in [3.8, 4) is 5.75 Å². The Labute approximate surface area is 196 Å². The van der Waals surface area contributed by atoms with Gasteiger partial charge >= 0.3 is 0 Å². The number of benzene rings is 3. The van der Waals surface area contributed by atoms with E-state index in [9.17, 15) is 22.4 Å². The first-order chi connectivity index (χ1) is 16.3. The minimum atomic E-state index is -0.924. The van der Waals surface area contributed by atoms with Crippen molar-refractivity contribution in [3.63, 3.8) is 0 Å². The predicted molar refractivity (Wildman–Crippen MR) is 118 cm³/mol. The highest BCUT2D eigenvalue weighted by molar-refractivity contribution is 6.30. The molecule has 34 heavy (non-hydrogen) atoms. The Hall–Kier alpha value is -3.78. The zero-order valence-corrected chi connectivity index (χ0v) is 18.1. The normalized spacial score (nSPS) is 10.9. The van der Waals surface area contributed by atoms with Crippen LogP contribution in [0, 0.1) is 23.3 Å². The molecular formula is C25H16ClF4NO3. The number of rotatable bonds is 7. The maximum Gasteiger partial charge on any atom is 0.291 e. The van der Waals surface area contributed by atoms with Crippen LogP contribution in [0.5, 0.6) is 5.75 Å². The summed E-state index contributed by atoms with van der Waals surface area (Å²) in [5, 5.41) is 2.53. The van der Waals surface area contributed by atoms with Crippen LogP contribution >= 0.6 is 11.6 Å². The van der Waals surface area contributed by atoms with Crippen LogP contribution in [0.15, 0.2) is 71.1 Å². The monoisotopic (exact) mass is 489 g/mol. The van der Waals surface area contributed by atoms with E-state index in [0.717, 1.165) is 24.3 Å². The largest absolute Gasteiger partial charge is 0.488 e. The van der Waals surface area contributed by atoms with E-state index in [0.29, 0.717) is 22.1 Å². The zero-order valence-electron chi connectivity index (χ0n) is 17.4. The van der Waals surface area contributed by atoms with E-state index < -0.39 is 34.9 Å². The van der Waals surface area contributed by atoms with Crippen LogP contribution in [-0.4, -0.2) is 5.91 Å². The van der Waals surface area contributed by atoms with E-state index in [1.807, 2.05) is 0 Å². The maximum atomic E-state index is 13.9. The fourth-order valence-corrected chi connectivity index (χ4v) is 3.42. The number of hydrogen-bond acceptors (Lipinski definition) is 3. The molecule has 174 valence electrons. The summed E-state index contributed by atoms with van der Waals surface area (Å²) in [6.45, 7) is -0.354. The molecule has 9 heteroatoms. The molecule has 0 aliphatic rings. The predicted octanol–water partition coefficient (Wildman–Crippen LogP) is 6.91. The summed E-state index contributed by atoms with van der Waals surface area (Å²) < 4.78 is 66.5. The van der Waals surface area contributed by atoms with E-state index in [1.54, 1.807) is 18.2 Å². The fourth-order valence-electron chi connectivity index (χ4n) is 3.22. The van der Waals surface area contributed by atoms with Gasteiger partial charge in [-0.25, -0.2) is 17.6 Å². The summed E-state index contributed by atoms with van der Waals surface area (Å²) in [7, 11) is 0. The molecule has 4 rings (SSSR count). The lowest BCUT2D eigenvalue weighted by molar-refractivity contribution is 0.0994. The summed E-state index contributed by atoms with van der Waals surface area (Å²) in [6, 6.07) is 14.3. The second kappa shape index (κ2) is 10.0. The van der Waals surface area contributed by atoms with Gasteiger partial charge in [-0.3, -0.25) is 4.79 Å². The van der Waals surface area contributed by atoms with Crippen LogP contribution in [0.4, 0.5) is 23.2 Å². The number of ether oxygens (including phenoxy) is 1. The van der Waals surface area contributed by atoms with Crippen molar-refractivity contribution in [2.24, 2.45) is 0 Å².